The SMILES string of the molecule is CC(=O)CC1CCCC[C@H]1[N+](=O)[O-]. The van der Waals surface area contributed by atoms with E-state index in [1.165, 1.54) is 6.92 Å². The van der Waals surface area contributed by atoms with Gasteiger partial charge in [0.15, 0.2) is 0 Å². The third-order valence-corrected chi connectivity index (χ3v) is 2.69. The quantitative estimate of drug-likeness (QED) is 0.497. The Labute approximate surface area is 77.5 Å². The number of nitrogens with zero attached hydrogens (tertiary/aromatic N) is 1. The highest BCUT2D eigenvalue weighted by molar-refractivity contribution is 5.75. The van der Waals surface area contributed by atoms with E-state index >= 15 is 0 Å². The number of nitro groups is 1. The molecular formula is C9H15NO3. The van der Waals surface area contributed by atoms with E-state index in [0.29, 0.717) is 12.8 Å². The molecule has 0 aliphatic heterocycles. The van der Waals surface area contributed by atoms with E-state index < -0.39 is 6.04 Å². The Morgan fingerprint density at radius 3 is 2.62 bits per heavy atom. The van der Waals surface area contributed by atoms with Crippen LogP contribution >= 0.6 is 0 Å². The van der Waals surface area contributed by atoms with Crippen molar-refractivity contribution in [3.63, 3.8) is 0 Å². The van der Waals surface area contributed by atoms with Crippen molar-refractivity contribution in [3.8, 4) is 0 Å². The maximum absolute atomic E-state index is 10.9. The Bertz CT molecular complexity index is 215. The molecule has 0 N–H and O–H groups in total. The molecule has 1 saturated carbocycles. The van der Waals surface area contributed by atoms with Crippen molar-refractivity contribution in [1.82, 2.24) is 0 Å². The molecular weight excluding hydrogens is 170 g/mol. The van der Waals surface area contributed by atoms with Gasteiger partial charge in [-0.25, -0.2) is 0 Å². The summed E-state index contributed by atoms with van der Waals surface area (Å²) in [6.07, 6.45) is 3.82. The fraction of sp³-hybridized carbons (Fsp3) is 0.889. The third kappa shape index (κ3) is 2.79. The van der Waals surface area contributed by atoms with Gasteiger partial charge in [0.2, 0.25) is 6.04 Å². The summed E-state index contributed by atoms with van der Waals surface area (Å²) < 4.78 is 0. The highest BCUT2D eigenvalue weighted by Gasteiger charge is 2.34. The summed E-state index contributed by atoms with van der Waals surface area (Å²) >= 11 is 0. The largest absolute Gasteiger partial charge is 0.300 e. The van der Waals surface area contributed by atoms with Crippen molar-refractivity contribution in [2.75, 3.05) is 0 Å². The topological polar surface area (TPSA) is 60.2 Å². The Kier molecular flexibility index (Phi) is 3.39. The summed E-state index contributed by atoms with van der Waals surface area (Å²) in [5.74, 6) is 0.0556. The lowest BCUT2D eigenvalue weighted by atomic mass is 9.82. The average Bonchev–Trinajstić information content (AvgIpc) is 2.03. The van der Waals surface area contributed by atoms with Gasteiger partial charge in [0.1, 0.15) is 5.78 Å². The lowest BCUT2D eigenvalue weighted by molar-refractivity contribution is -0.535. The third-order valence-electron chi connectivity index (χ3n) is 2.69. The molecule has 1 rings (SSSR count). The lowest BCUT2D eigenvalue weighted by Gasteiger charge is -2.24. The highest BCUT2D eigenvalue weighted by Crippen LogP contribution is 2.28. The molecule has 1 unspecified atom stereocenters. The second-order valence-corrected chi connectivity index (χ2v) is 3.80. The van der Waals surface area contributed by atoms with Gasteiger partial charge in [0.25, 0.3) is 0 Å². The second-order valence-electron chi connectivity index (χ2n) is 3.80. The minimum Gasteiger partial charge on any atom is -0.300 e. The molecule has 0 radical (unpaired) electrons. The number of Topliss-reactive ketones (excluding diaryl/α,β-unsaturated/α-hetero) is 1. The smallest absolute Gasteiger partial charge is 0.216 e. The van der Waals surface area contributed by atoms with Crippen LogP contribution in [0.2, 0.25) is 0 Å². The van der Waals surface area contributed by atoms with Crippen molar-refractivity contribution in [2.45, 2.75) is 45.1 Å². The van der Waals surface area contributed by atoms with Crippen LogP contribution in [0.5, 0.6) is 0 Å². The predicted octanol–water partition coefficient (Wildman–Crippen LogP) is 1.80. The van der Waals surface area contributed by atoms with Crippen LogP contribution in [0.1, 0.15) is 39.0 Å². The normalized spacial score (nSPS) is 28.4. The zero-order valence-corrected chi connectivity index (χ0v) is 7.86. The van der Waals surface area contributed by atoms with E-state index in [2.05, 4.69) is 0 Å². The molecule has 0 aromatic carbocycles. The first-order chi connectivity index (χ1) is 6.11. The van der Waals surface area contributed by atoms with Crippen LogP contribution < -0.4 is 0 Å². The van der Waals surface area contributed by atoms with Crippen LogP contribution in [0.25, 0.3) is 0 Å². The van der Waals surface area contributed by atoms with E-state index in [1.54, 1.807) is 0 Å². The van der Waals surface area contributed by atoms with Gasteiger partial charge in [-0.1, -0.05) is 6.42 Å². The van der Waals surface area contributed by atoms with Gasteiger partial charge in [-0.3, -0.25) is 10.1 Å². The summed E-state index contributed by atoms with van der Waals surface area (Å²) in [6, 6.07) is -0.474. The molecule has 0 bridgehead atoms. The molecule has 4 nitrogen and oxygen atoms in total. The molecule has 4 heteroatoms. The van der Waals surface area contributed by atoms with Crippen molar-refractivity contribution < 1.29 is 9.72 Å². The molecule has 1 fully saturated rings. The standard InChI is InChI=1S/C9H15NO3/c1-7(11)6-8-4-2-3-5-9(8)10(12)13/h8-9H,2-6H2,1H3/t8?,9-/m1/s1. The first-order valence-electron chi connectivity index (χ1n) is 4.74. The van der Waals surface area contributed by atoms with Crippen LogP contribution in [0.15, 0.2) is 0 Å². The molecule has 1 aliphatic carbocycles. The number of hydrogen-bond acceptors (Lipinski definition) is 3. The predicted molar refractivity (Wildman–Crippen MR) is 48.0 cm³/mol. The minimum atomic E-state index is -0.474. The highest BCUT2D eigenvalue weighted by atomic mass is 16.6. The molecule has 0 spiro atoms. The van der Waals surface area contributed by atoms with Crippen molar-refractivity contribution >= 4 is 5.78 Å². The number of carbonyl (C=O) groups excluding carboxylic acids is 1. The van der Waals surface area contributed by atoms with Crippen molar-refractivity contribution in [3.05, 3.63) is 10.1 Å². The maximum Gasteiger partial charge on any atom is 0.216 e. The summed E-state index contributed by atoms with van der Waals surface area (Å²) in [5, 5.41) is 10.6. The molecule has 2 atom stereocenters. The van der Waals surface area contributed by atoms with Crippen LogP contribution in [0.4, 0.5) is 0 Å². The van der Waals surface area contributed by atoms with E-state index in [9.17, 15) is 14.9 Å². The van der Waals surface area contributed by atoms with Crippen LogP contribution in [-0.2, 0) is 4.79 Å². The van der Waals surface area contributed by atoms with E-state index in [4.69, 9.17) is 0 Å². The fourth-order valence-corrected chi connectivity index (χ4v) is 2.07. The summed E-state index contributed by atoms with van der Waals surface area (Å²) in [6.45, 7) is 1.51. The van der Waals surface area contributed by atoms with Crippen molar-refractivity contribution in [1.29, 1.82) is 0 Å². The summed E-state index contributed by atoms with van der Waals surface area (Å²) in [7, 11) is 0. The van der Waals surface area contributed by atoms with Crippen LogP contribution in [0.3, 0.4) is 0 Å². The van der Waals surface area contributed by atoms with E-state index in [0.717, 1.165) is 19.3 Å². The van der Waals surface area contributed by atoms with Gasteiger partial charge in [-0.05, 0) is 19.8 Å². The Morgan fingerprint density at radius 2 is 2.08 bits per heavy atom. The van der Waals surface area contributed by atoms with E-state index in [1.807, 2.05) is 0 Å². The van der Waals surface area contributed by atoms with Crippen LogP contribution in [-0.4, -0.2) is 16.7 Å². The van der Waals surface area contributed by atoms with E-state index in [-0.39, 0.29) is 16.6 Å². The molecule has 0 saturated heterocycles. The number of carbonyl (C=O) groups is 1. The monoisotopic (exact) mass is 185 g/mol. The van der Waals surface area contributed by atoms with Gasteiger partial charge in [0.05, 0.1) is 0 Å². The Hall–Kier alpha value is -0.930. The molecule has 0 aromatic heterocycles. The minimum absolute atomic E-state index is 0.0127. The van der Waals surface area contributed by atoms with Gasteiger partial charge in [0, 0.05) is 23.7 Å². The van der Waals surface area contributed by atoms with Gasteiger partial charge in [-0.2, -0.15) is 0 Å². The Morgan fingerprint density at radius 1 is 1.46 bits per heavy atom. The first-order valence-corrected chi connectivity index (χ1v) is 4.74. The molecule has 0 aromatic rings. The summed E-state index contributed by atoms with van der Waals surface area (Å²) in [4.78, 5) is 21.3. The average molecular weight is 185 g/mol. The van der Waals surface area contributed by atoms with Gasteiger partial charge in [-0.15, -0.1) is 0 Å². The number of hydrogen-bond donors (Lipinski definition) is 0. The molecule has 74 valence electrons. The summed E-state index contributed by atoms with van der Waals surface area (Å²) in [5.41, 5.74) is 0. The molecule has 1 aliphatic rings. The van der Waals surface area contributed by atoms with Gasteiger partial charge >= 0.3 is 0 Å². The van der Waals surface area contributed by atoms with Gasteiger partial charge < -0.3 is 4.79 Å². The zero-order valence-electron chi connectivity index (χ0n) is 7.86. The molecule has 13 heavy (non-hydrogen) atoms. The number of rotatable bonds is 3. The lowest BCUT2D eigenvalue weighted by Crippen LogP contribution is -2.33. The number of ketones is 1. The second kappa shape index (κ2) is 4.35. The Balaban J connectivity index is 2.56. The first kappa shape index (κ1) is 10.2. The zero-order chi connectivity index (χ0) is 9.84. The van der Waals surface area contributed by atoms with Crippen molar-refractivity contribution in [2.24, 2.45) is 5.92 Å². The molecule has 0 heterocycles. The van der Waals surface area contributed by atoms with Crippen LogP contribution in [0, 0.1) is 16.0 Å². The maximum atomic E-state index is 10.9. The molecule has 0 amide bonds. The fourth-order valence-electron chi connectivity index (χ4n) is 2.07.